The van der Waals surface area contributed by atoms with Crippen molar-refractivity contribution in [1.29, 1.82) is 5.26 Å². The Balaban J connectivity index is 1.69. The van der Waals surface area contributed by atoms with Gasteiger partial charge in [-0.3, -0.25) is 0 Å². The predicted octanol–water partition coefficient (Wildman–Crippen LogP) is 3.97. The number of hydrogen-bond acceptors (Lipinski definition) is 3. The highest BCUT2D eigenvalue weighted by molar-refractivity contribution is 5.80. The quantitative estimate of drug-likeness (QED) is 0.592. The van der Waals surface area contributed by atoms with Gasteiger partial charge in [0, 0.05) is 25.3 Å². The molecule has 5 nitrogen and oxygen atoms in total. The summed E-state index contributed by atoms with van der Waals surface area (Å²) >= 11 is 0. The van der Waals surface area contributed by atoms with E-state index in [9.17, 15) is 0 Å². The molecule has 0 aliphatic carbocycles. The molecule has 1 unspecified atom stereocenters. The van der Waals surface area contributed by atoms with E-state index in [1.807, 2.05) is 24.3 Å². The van der Waals surface area contributed by atoms with Crippen molar-refractivity contribution in [2.24, 2.45) is 4.99 Å². The summed E-state index contributed by atoms with van der Waals surface area (Å²) in [5, 5.41) is 15.9. The van der Waals surface area contributed by atoms with Gasteiger partial charge in [-0.05, 0) is 62.1 Å². The monoisotopic (exact) mass is 375 g/mol. The SMILES string of the molecule is CCNC(=NCc1cccc(C#N)c1)NC(C)c1cccc(N2CCCC2)c1. The van der Waals surface area contributed by atoms with Gasteiger partial charge in [0.2, 0.25) is 0 Å². The van der Waals surface area contributed by atoms with Gasteiger partial charge >= 0.3 is 0 Å². The van der Waals surface area contributed by atoms with E-state index in [0.29, 0.717) is 12.1 Å². The molecule has 146 valence electrons. The molecule has 0 aromatic heterocycles. The van der Waals surface area contributed by atoms with Crippen molar-refractivity contribution in [3.8, 4) is 6.07 Å². The molecule has 28 heavy (non-hydrogen) atoms. The van der Waals surface area contributed by atoms with E-state index >= 15 is 0 Å². The van der Waals surface area contributed by atoms with Gasteiger partial charge in [-0.2, -0.15) is 5.26 Å². The molecular weight excluding hydrogens is 346 g/mol. The van der Waals surface area contributed by atoms with Crippen molar-refractivity contribution >= 4 is 11.6 Å². The number of nitrogens with zero attached hydrogens (tertiary/aromatic N) is 3. The van der Waals surface area contributed by atoms with Gasteiger partial charge in [0.15, 0.2) is 5.96 Å². The molecule has 0 spiro atoms. The van der Waals surface area contributed by atoms with Crippen molar-refractivity contribution in [3.05, 3.63) is 65.2 Å². The molecule has 5 heteroatoms. The van der Waals surface area contributed by atoms with Crippen LogP contribution >= 0.6 is 0 Å². The number of hydrogen-bond donors (Lipinski definition) is 2. The lowest BCUT2D eigenvalue weighted by atomic mass is 10.1. The Labute approximate surface area is 168 Å². The van der Waals surface area contributed by atoms with Crippen LogP contribution in [0.1, 0.15) is 49.4 Å². The number of rotatable bonds is 6. The van der Waals surface area contributed by atoms with E-state index in [0.717, 1.165) is 31.2 Å². The predicted molar refractivity (Wildman–Crippen MR) is 115 cm³/mol. The van der Waals surface area contributed by atoms with E-state index < -0.39 is 0 Å². The molecule has 0 saturated carbocycles. The Morgan fingerprint density at radius 3 is 2.71 bits per heavy atom. The molecule has 1 aliphatic rings. The Morgan fingerprint density at radius 2 is 1.96 bits per heavy atom. The third kappa shape index (κ3) is 5.26. The van der Waals surface area contributed by atoms with Crippen molar-refractivity contribution in [1.82, 2.24) is 10.6 Å². The molecule has 0 amide bonds. The van der Waals surface area contributed by atoms with Crippen LogP contribution in [0.25, 0.3) is 0 Å². The Bertz CT molecular complexity index is 846. The molecule has 3 rings (SSSR count). The van der Waals surface area contributed by atoms with Gasteiger partial charge in [-0.1, -0.05) is 24.3 Å². The third-order valence-corrected chi connectivity index (χ3v) is 5.01. The minimum Gasteiger partial charge on any atom is -0.372 e. The lowest BCUT2D eigenvalue weighted by molar-refractivity contribution is 0.686. The van der Waals surface area contributed by atoms with E-state index in [1.54, 1.807) is 0 Å². The number of benzene rings is 2. The first kappa shape index (κ1) is 19.8. The zero-order chi connectivity index (χ0) is 19.8. The van der Waals surface area contributed by atoms with Crippen LogP contribution in [-0.4, -0.2) is 25.6 Å². The first-order chi connectivity index (χ1) is 13.7. The van der Waals surface area contributed by atoms with Gasteiger partial charge in [0.05, 0.1) is 24.2 Å². The standard InChI is InChI=1S/C23H29N5/c1-3-25-23(26-17-20-9-6-8-19(14-20)16-24)27-18(2)21-10-7-11-22(15-21)28-12-4-5-13-28/h6-11,14-15,18H,3-5,12-13,17H2,1-2H3,(H2,25,26,27). The Hall–Kier alpha value is -3.00. The highest BCUT2D eigenvalue weighted by Crippen LogP contribution is 2.24. The van der Waals surface area contributed by atoms with E-state index in [1.165, 1.54) is 24.1 Å². The normalized spacial score (nSPS) is 15.2. The summed E-state index contributed by atoms with van der Waals surface area (Å²) < 4.78 is 0. The molecule has 1 heterocycles. The average Bonchev–Trinajstić information content (AvgIpc) is 3.27. The number of nitrogens with one attached hydrogen (secondary N) is 2. The zero-order valence-corrected chi connectivity index (χ0v) is 16.8. The van der Waals surface area contributed by atoms with Gasteiger partial charge in [0.1, 0.15) is 0 Å². The van der Waals surface area contributed by atoms with E-state index in [-0.39, 0.29) is 6.04 Å². The summed E-state index contributed by atoms with van der Waals surface area (Å²) in [5.41, 5.74) is 4.25. The summed E-state index contributed by atoms with van der Waals surface area (Å²) in [4.78, 5) is 7.16. The molecule has 1 saturated heterocycles. The first-order valence-electron chi connectivity index (χ1n) is 10.1. The van der Waals surface area contributed by atoms with E-state index in [2.05, 4.69) is 59.7 Å². The van der Waals surface area contributed by atoms with Gasteiger partial charge in [-0.15, -0.1) is 0 Å². The number of aliphatic imine (C=N–C) groups is 1. The molecular formula is C23H29N5. The highest BCUT2D eigenvalue weighted by atomic mass is 15.2. The summed E-state index contributed by atoms with van der Waals surface area (Å²) in [5.74, 6) is 0.781. The molecule has 0 radical (unpaired) electrons. The van der Waals surface area contributed by atoms with E-state index in [4.69, 9.17) is 10.3 Å². The molecule has 1 aliphatic heterocycles. The van der Waals surface area contributed by atoms with Gasteiger partial charge in [-0.25, -0.2) is 4.99 Å². The molecule has 1 atom stereocenters. The second kappa shape index (κ2) is 9.80. The van der Waals surface area contributed by atoms with Crippen molar-refractivity contribution in [2.75, 3.05) is 24.5 Å². The van der Waals surface area contributed by atoms with Crippen LogP contribution in [0.5, 0.6) is 0 Å². The lowest BCUT2D eigenvalue weighted by Crippen LogP contribution is -2.38. The maximum Gasteiger partial charge on any atom is 0.192 e. The molecule has 2 aromatic carbocycles. The third-order valence-electron chi connectivity index (χ3n) is 5.01. The van der Waals surface area contributed by atoms with Crippen molar-refractivity contribution < 1.29 is 0 Å². The van der Waals surface area contributed by atoms with Crippen LogP contribution in [0.2, 0.25) is 0 Å². The molecule has 1 fully saturated rings. The summed E-state index contributed by atoms with van der Waals surface area (Å²) in [7, 11) is 0. The first-order valence-corrected chi connectivity index (χ1v) is 10.1. The number of guanidine groups is 1. The fourth-order valence-corrected chi connectivity index (χ4v) is 3.48. The number of anilines is 1. The maximum atomic E-state index is 9.06. The van der Waals surface area contributed by atoms with Crippen molar-refractivity contribution in [3.63, 3.8) is 0 Å². The van der Waals surface area contributed by atoms with Crippen LogP contribution in [0.3, 0.4) is 0 Å². The topological polar surface area (TPSA) is 63.5 Å². The zero-order valence-electron chi connectivity index (χ0n) is 16.8. The average molecular weight is 376 g/mol. The maximum absolute atomic E-state index is 9.06. The molecule has 0 bridgehead atoms. The fraction of sp³-hybridized carbons (Fsp3) is 0.391. The van der Waals surface area contributed by atoms with Crippen molar-refractivity contribution in [2.45, 2.75) is 39.3 Å². The van der Waals surface area contributed by atoms with Crippen LogP contribution < -0.4 is 15.5 Å². The molecule has 2 aromatic rings. The minimum atomic E-state index is 0.144. The van der Waals surface area contributed by atoms with Crippen LogP contribution in [0, 0.1) is 11.3 Å². The number of nitriles is 1. The Kier molecular flexibility index (Phi) is 6.91. The second-order valence-corrected chi connectivity index (χ2v) is 7.16. The van der Waals surface area contributed by atoms with Crippen LogP contribution in [0.15, 0.2) is 53.5 Å². The summed E-state index contributed by atoms with van der Waals surface area (Å²) in [6.07, 6.45) is 2.56. The molecule has 2 N–H and O–H groups in total. The minimum absolute atomic E-state index is 0.144. The summed E-state index contributed by atoms with van der Waals surface area (Å²) in [6.45, 7) is 7.85. The van der Waals surface area contributed by atoms with Gasteiger partial charge < -0.3 is 15.5 Å². The van der Waals surface area contributed by atoms with Crippen LogP contribution in [-0.2, 0) is 6.54 Å². The fourth-order valence-electron chi connectivity index (χ4n) is 3.48. The second-order valence-electron chi connectivity index (χ2n) is 7.16. The Morgan fingerprint density at radius 1 is 1.18 bits per heavy atom. The largest absolute Gasteiger partial charge is 0.372 e. The highest BCUT2D eigenvalue weighted by Gasteiger charge is 2.14. The lowest BCUT2D eigenvalue weighted by Gasteiger charge is -2.22. The van der Waals surface area contributed by atoms with Crippen LogP contribution in [0.4, 0.5) is 5.69 Å². The van der Waals surface area contributed by atoms with Gasteiger partial charge in [0.25, 0.3) is 0 Å². The summed E-state index contributed by atoms with van der Waals surface area (Å²) in [6, 6.07) is 18.7. The smallest absolute Gasteiger partial charge is 0.192 e.